The predicted octanol–water partition coefficient (Wildman–Crippen LogP) is 2.63. The maximum Gasteiger partial charge on any atom is 0.160 e. The van der Waals surface area contributed by atoms with Crippen LogP contribution in [0.25, 0.3) is 0 Å². The zero-order chi connectivity index (χ0) is 12.8. The van der Waals surface area contributed by atoms with E-state index in [0.717, 1.165) is 49.2 Å². The molecule has 1 saturated carbocycles. The second kappa shape index (κ2) is 6.59. The fourth-order valence-electron chi connectivity index (χ4n) is 1.78. The summed E-state index contributed by atoms with van der Waals surface area (Å²) in [7, 11) is 1.66. The van der Waals surface area contributed by atoms with Crippen LogP contribution in [0, 0.1) is 12.8 Å². The molecule has 0 unspecified atom stereocenters. The van der Waals surface area contributed by atoms with Crippen LogP contribution < -0.4 is 10.1 Å². The molecule has 4 heteroatoms. The summed E-state index contributed by atoms with van der Waals surface area (Å²) in [6.07, 6.45) is 5.47. The molecule has 0 amide bonds. The maximum atomic E-state index is 5.59. The number of aryl methyl sites for hydroxylation is 1. The molecule has 0 bridgehead atoms. The van der Waals surface area contributed by atoms with Crippen LogP contribution in [-0.4, -0.2) is 31.9 Å². The Kier molecular flexibility index (Phi) is 4.81. The smallest absolute Gasteiger partial charge is 0.160 e. The third-order valence-electron chi connectivity index (χ3n) is 3.06. The highest BCUT2D eigenvalue weighted by Crippen LogP contribution is 2.28. The minimum absolute atomic E-state index is 0.791. The first-order chi connectivity index (χ1) is 8.79. The van der Waals surface area contributed by atoms with Gasteiger partial charge in [0.05, 0.1) is 19.0 Å². The zero-order valence-electron chi connectivity index (χ0n) is 11.2. The number of ether oxygens (including phenoxy) is 2. The van der Waals surface area contributed by atoms with Crippen LogP contribution in [0.3, 0.4) is 0 Å². The monoisotopic (exact) mass is 250 g/mol. The van der Waals surface area contributed by atoms with E-state index in [4.69, 9.17) is 9.47 Å². The number of nitrogens with one attached hydrogen (secondary N) is 1. The Bertz CT molecular complexity index is 378. The molecule has 0 aliphatic heterocycles. The normalized spacial score (nSPS) is 14.6. The molecule has 2 rings (SSSR count). The molecule has 1 N–H and O–H groups in total. The molecule has 1 aliphatic rings. The van der Waals surface area contributed by atoms with E-state index in [9.17, 15) is 0 Å². The van der Waals surface area contributed by atoms with E-state index in [0.29, 0.717) is 0 Å². The van der Waals surface area contributed by atoms with Gasteiger partial charge in [0.1, 0.15) is 0 Å². The Labute approximate surface area is 109 Å². The van der Waals surface area contributed by atoms with Gasteiger partial charge in [-0.3, -0.25) is 4.98 Å². The Morgan fingerprint density at radius 3 is 3.00 bits per heavy atom. The molecule has 1 aliphatic carbocycles. The lowest BCUT2D eigenvalue weighted by Gasteiger charge is -2.11. The average molecular weight is 250 g/mol. The molecular formula is C14H22N2O2. The first-order valence-corrected chi connectivity index (χ1v) is 6.62. The zero-order valence-corrected chi connectivity index (χ0v) is 11.2. The molecule has 0 saturated heterocycles. The van der Waals surface area contributed by atoms with Crippen LogP contribution >= 0.6 is 0 Å². The van der Waals surface area contributed by atoms with Crippen molar-refractivity contribution < 1.29 is 9.47 Å². The summed E-state index contributed by atoms with van der Waals surface area (Å²) in [6.45, 7) is 4.64. The van der Waals surface area contributed by atoms with Crippen LogP contribution in [0.1, 0.15) is 25.0 Å². The Morgan fingerprint density at radius 1 is 1.44 bits per heavy atom. The van der Waals surface area contributed by atoms with E-state index in [1.807, 2.05) is 13.0 Å². The number of hydrogen-bond acceptors (Lipinski definition) is 4. The third-order valence-corrected chi connectivity index (χ3v) is 3.06. The highest BCUT2D eigenvalue weighted by molar-refractivity contribution is 5.55. The van der Waals surface area contributed by atoms with Gasteiger partial charge in [-0.2, -0.15) is 0 Å². The van der Waals surface area contributed by atoms with Gasteiger partial charge in [0.25, 0.3) is 0 Å². The van der Waals surface area contributed by atoms with Crippen molar-refractivity contribution in [2.24, 2.45) is 5.92 Å². The van der Waals surface area contributed by atoms with Gasteiger partial charge in [0, 0.05) is 25.5 Å². The van der Waals surface area contributed by atoms with Crippen molar-refractivity contribution in [1.82, 2.24) is 4.98 Å². The quantitative estimate of drug-likeness (QED) is 0.720. The van der Waals surface area contributed by atoms with Crippen LogP contribution in [0.15, 0.2) is 12.3 Å². The van der Waals surface area contributed by atoms with Gasteiger partial charge in [0.2, 0.25) is 0 Å². The van der Waals surface area contributed by atoms with E-state index < -0.39 is 0 Å². The summed E-state index contributed by atoms with van der Waals surface area (Å²) in [6, 6.07) is 2.00. The first kappa shape index (κ1) is 13.1. The molecule has 1 fully saturated rings. The van der Waals surface area contributed by atoms with Crippen LogP contribution in [-0.2, 0) is 4.74 Å². The van der Waals surface area contributed by atoms with Crippen molar-refractivity contribution in [3.63, 3.8) is 0 Å². The predicted molar refractivity (Wildman–Crippen MR) is 72.2 cm³/mol. The highest BCUT2D eigenvalue weighted by Gasteiger charge is 2.20. The third kappa shape index (κ3) is 4.18. The number of nitrogens with zero attached hydrogens (tertiary/aromatic N) is 1. The van der Waals surface area contributed by atoms with Crippen LogP contribution in [0.4, 0.5) is 5.69 Å². The van der Waals surface area contributed by atoms with E-state index in [1.54, 1.807) is 13.3 Å². The second-order valence-corrected chi connectivity index (χ2v) is 4.82. The molecule has 1 aromatic rings. The van der Waals surface area contributed by atoms with E-state index >= 15 is 0 Å². The van der Waals surface area contributed by atoms with Gasteiger partial charge in [-0.25, -0.2) is 0 Å². The van der Waals surface area contributed by atoms with Gasteiger partial charge in [-0.15, -0.1) is 0 Å². The fourth-order valence-corrected chi connectivity index (χ4v) is 1.78. The minimum atomic E-state index is 0.791. The van der Waals surface area contributed by atoms with E-state index in [-0.39, 0.29) is 0 Å². The van der Waals surface area contributed by atoms with Gasteiger partial charge in [-0.05, 0) is 38.2 Å². The van der Waals surface area contributed by atoms with Crippen molar-refractivity contribution in [3.8, 4) is 5.75 Å². The molecule has 0 aromatic carbocycles. The highest BCUT2D eigenvalue weighted by atomic mass is 16.5. The minimum Gasteiger partial charge on any atom is -0.493 e. The SMILES string of the molecule is COc1cnc(C)cc1NCCCOCC1CC1. The Morgan fingerprint density at radius 2 is 2.28 bits per heavy atom. The lowest BCUT2D eigenvalue weighted by Crippen LogP contribution is -2.08. The molecule has 4 nitrogen and oxygen atoms in total. The largest absolute Gasteiger partial charge is 0.493 e. The van der Waals surface area contributed by atoms with Crippen molar-refractivity contribution >= 4 is 5.69 Å². The number of aromatic nitrogens is 1. The van der Waals surface area contributed by atoms with Crippen molar-refractivity contribution in [3.05, 3.63) is 18.0 Å². The standard InChI is InChI=1S/C14H22N2O2/c1-11-8-13(14(17-2)9-16-11)15-6-3-7-18-10-12-4-5-12/h8-9,12H,3-7,10H2,1-2H3,(H,15,16). The molecule has 1 aromatic heterocycles. The van der Waals surface area contributed by atoms with Crippen LogP contribution in [0.2, 0.25) is 0 Å². The van der Waals surface area contributed by atoms with Crippen LogP contribution in [0.5, 0.6) is 5.75 Å². The summed E-state index contributed by atoms with van der Waals surface area (Å²) < 4.78 is 10.9. The molecule has 0 atom stereocenters. The lowest BCUT2D eigenvalue weighted by molar-refractivity contribution is 0.124. The summed E-state index contributed by atoms with van der Waals surface area (Å²) in [5, 5.41) is 3.36. The van der Waals surface area contributed by atoms with Crippen molar-refractivity contribution in [2.75, 3.05) is 32.2 Å². The van der Waals surface area contributed by atoms with E-state index in [1.165, 1.54) is 12.8 Å². The molecular weight excluding hydrogens is 228 g/mol. The summed E-state index contributed by atoms with van der Waals surface area (Å²) >= 11 is 0. The molecule has 1 heterocycles. The van der Waals surface area contributed by atoms with Crippen molar-refractivity contribution in [1.29, 1.82) is 0 Å². The maximum absolute atomic E-state index is 5.59. The molecule has 0 spiro atoms. The lowest BCUT2D eigenvalue weighted by atomic mass is 10.3. The van der Waals surface area contributed by atoms with Gasteiger partial charge < -0.3 is 14.8 Å². The number of pyridine rings is 1. The molecule has 100 valence electrons. The Balaban J connectivity index is 1.66. The van der Waals surface area contributed by atoms with Gasteiger partial charge in [-0.1, -0.05) is 0 Å². The second-order valence-electron chi connectivity index (χ2n) is 4.82. The Hall–Kier alpha value is -1.29. The van der Waals surface area contributed by atoms with E-state index in [2.05, 4.69) is 10.3 Å². The first-order valence-electron chi connectivity index (χ1n) is 6.62. The summed E-state index contributed by atoms with van der Waals surface area (Å²) in [5.74, 6) is 1.64. The number of rotatable bonds is 8. The molecule has 18 heavy (non-hydrogen) atoms. The fraction of sp³-hybridized carbons (Fsp3) is 0.643. The summed E-state index contributed by atoms with van der Waals surface area (Å²) in [5.41, 5.74) is 2.00. The number of hydrogen-bond donors (Lipinski definition) is 1. The average Bonchev–Trinajstić information content (AvgIpc) is 3.18. The van der Waals surface area contributed by atoms with Gasteiger partial charge in [0.15, 0.2) is 5.75 Å². The van der Waals surface area contributed by atoms with Crippen molar-refractivity contribution in [2.45, 2.75) is 26.2 Å². The summed E-state index contributed by atoms with van der Waals surface area (Å²) in [4.78, 5) is 4.20. The number of anilines is 1. The molecule has 0 radical (unpaired) electrons. The topological polar surface area (TPSA) is 43.4 Å². The van der Waals surface area contributed by atoms with Gasteiger partial charge >= 0.3 is 0 Å². The number of methoxy groups -OCH3 is 1.